The standard InChI is InChI=1S/C14H8Br2N4/c15-9-2-4-12(8(5-9)7-17)20-13-6-10(16)1-3-11(13)19-14(20)18/h1-6H,(H2,18,19). The summed E-state index contributed by atoms with van der Waals surface area (Å²) in [6, 6.07) is 13.4. The lowest BCUT2D eigenvalue weighted by Crippen LogP contribution is -2.02. The van der Waals surface area contributed by atoms with Crippen molar-refractivity contribution in [1.82, 2.24) is 9.55 Å². The zero-order valence-corrected chi connectivity index (χ0v) is 13.3. The Hall–Kier alpha value is -1.84. The van der Waals surface area contributed by atoms with Crippen LogP contribution in [-0.2, 0) is 0 Å². The minimum absolute atomic E-state index is 0.358. The molecule has 0 saturated carbocycles. The first-order valence-electron chi connectivity index (χ1n) is 5.73. The Morgan fingerprint density at radius 2 is 1.80 bits per heavy atom. The number of anilines is 1. The highest BCUT2D eigenvalue weighted by atomic mass is 79.9. The molecule has 0 amide bonds. The van der Waals surface area contributed by atoms with E-state index in [9.17, 15) is 5.26 Å². The van der Waals surface area contributed by atoms with Crippen LogP contribution in [-0.4, -0.2) is 9.55 Å². The number of rotatable bonds is 1. The largest absolute Gasteiger partial charge is 0.369 e. The lowest BCUT2D eigenvalue weighted by molar-refractivity contribution is 1.10. The average Bonchev–Trinajstić information content (AvgIpc) is 2.74. The van der Waals surface area contributed by atoms with Crippen LogP contribution in [0, 0.1) is 11.3 Å². The van der Waals surface area contributed by atoms with Crippen LogP contribution in [0.1, 0.15) is 5.56 Å². The van der Waals surface area contributed by atoms with Gasteiger partial charge in [-0.2, -0.15) is 5.26 Å². The first-order valence-corrected chi connectivity index (χ1v) is 7.32. The van der Waals surface area contributed by atoms with Crippen LogP contribution in [0.25, 0.3) is 16.7 Å². The molecular formula is C14H8Br2N4. The van der Waals surface area contributed by atoms with E-state index in [4.69, 9.17) is 5.73 Å². The van der Waals surface area contributed by atoms with E-state index in [1.807, 2.05) is 30.3 Å². The van der Waals surface area contributed by atoms with Crippen molar-refractivity contribution in [1.29, 1.82) is 5.26 Å². The smallest absolute Gasteiger partial charge is 0.205 e. The highest BCUT2D eigenvalue weighted by Crippen LogP contribution is 2.28. The number of imidazole rings is 1. The fourth-order valence-corrected chi connectivity index (χ4v) is 2.82. The number of nitrogens with zero attached hydrogens (tertiary/aromatic N) is 3. The number of fused-ring (bicyclic) bond motifs is 1. The van der Waals surface area contributed by atoms with Gasteiger partial charge in [0.05, 0.1) is 22.3 Å². The Morgan fingerprint density at radius 3 is 2.55 bits per heavy atom. The van der Waals surface area contributed by atoms with Crippen molar-refractivity contribution in [2.24, 2.45) is 0 Å². The summed E-state index contributed by atoms with van der Waals surface area (Å²) in [4.78, 5) is 4.33. The number of halogens is 2. The van der Waals surface area contributed by atoms with Crippen molar-refractivity contribution in [2.45, 2.75) is 0 Å². The molecule has 1 aromatic heterocycles. The van der Waals surface area contributed by atoms with Crippen molar-refractivity contribution in [3.8, 4) is 11.8 Å². The summed E-state index contributed by atoms with van der Waals surface area (Å²) >= 11 is 6.81. The van der Waals surface area contributed by atoms with E-state index < -0.39 is 0 Å². The predicted molar refractivity (Wildman–Crippen MR) is 85.6 cm³/mol. The molecule has 0 atom stereocenters. The molecule has 3 aromatic rings. The van der Waals surface area contributed by atoms with Crippen molar-refractivity contribution in [3.63, 3.8) is 0 Å². The van der Waals surface area contributed by atoms with Gasteiger partial charge in [-0.05, 0) is 36.4 Å². The van der Waals surface area contributed by atoms with Gasteiger partial charge in [0.1, 0.15) is 6.07 Å². The van der Waals surface area contributed by atoms with Crippen LogP contribution >= 0.6 is 31.9 Å². The van der Waals surface area contributed by atoms with Gasteiger partial charge in [-0.1, -0.05) is 31.9 Å². The second-order valence-electron chi connectivity index (χ2n) is 4.21. The lowest BCUT2D eigenvalue weighted by atomic mass is 10.2. The molecule has 0 bridgehead atoms. The monoisotopic (exact) mass is 390 g/mol. The van der Waals surface area contributed by atoms with E-state index in [1.54, 1.807) is 10.6 Å². The van der Waals surface area contributed by atoms with Gasteiger partial charge in [-0.25, -0.2) is 4.98 Å². The molecule has 0 saturated heterocycles. The van der Waals surface area contributed by atoms with E-state index in [0.717, 1.165) is 20.0 Å². The quantitative estimate of drug-likeness (QED) is 0.681. The van der Waals surface area contributed by atoms with Gasteiger partial charge in [-0.15, -0.1) is 0 Å². The molecule has 0 radical (unpaired) electrons. The van der Waals surface area contributed by atoms with Crippen LogP contribution in [0.4, 0.5) is 5.95 Å². The molecule has 2 N–H and O–H groups in total. The van der Waals surface area contributed by atoms with E-state index in [2.05, 4.69) is 42.9 Å². The van der Waals surface area contributed by atoms with E-state index in [1.165, 1.54) is 0 Å². The zero-order chi connectivity index (χ0) is 14.3. The van der Waals surface area contributed by atoms with E-state index in [0.29, 0.717) is 17.2 Å². The number of benzene rings is 2. The third kappa shape index (κ3) is 2.09. The zero-order valence-electron chi connectivity index (χ0n) is 10.1. The summed E-state index contributed by atoms with van der Waals surface area (Å²) in [5.74, 6) is 0.358. The molecule has 0 unspecified atom stereocenters. The molecule has 3 rings (SSSR count). The number of hydrogen-bond acceptors (Lipinski definition) is 3. The maximum atomic E-state index is 9.30. The first kappa shape index (κ1) is 13.2. The summed E-state index contributed by atoms with van der Waals surface area (Å²) in [6.45, 7) is 0. The number of nitrogens with two attached hydrogens (primary N) is 1. The molecule has 6 heteroatoms. The normalized spacial score (nSPS) is 10.7. The maximum absolute atomic E-state index is 9.30. The molecule has 2 aromatic carbocycles. The van der Waals surface area contributed by atoms with Crippen molar-refractivity contribution in [3.05, 3.63) is 50.9 Å². The minimum Gasteiger partial charge on any atom is -0.369 e. The van der Waals surface area contributed by atoms with Crippen LogP contribution in [0.2, 0.25) is 0 Å². The van der Waals surface area contributed by atoms with Gasteiger partial charge in [0, 0.05) is 8.95 Å². The SMILES string of the molecule is N#Cc1cc(Br)ccc1-n1c(N)nc2ccc(Br)cc21. The lowest BCUT2D eigenvalue weighted by Gasteiger charge is -2.09. The minimum atomic E-state index is 0.358. The summed E-state index contributed by atoms with van der Waals surface area (Å²) < 4.78 is 3.56. The molecule has 98 valence electrons. The van der Waals surface area contributed by atoms with Gasteiger partial charge in [0.15, 0.2) is 0 Å². The molecule has 4 nitrogen and oxygen atoms in total. The fraction of sp³-hybridized carbons (Fsp3) is 0. The fourth-order valence-electron chi connectivity index (χ4n) is 2.11. The van der Waals surface area contributed by atoms with Gasteiger partial charge >= 0.3 is 0 Å². The Kier molecular flexibility index (Phi) is 3.24. The molecular weight excluding hydrogens is 384 g/mol. The number of nitriles is 1. The van der Waals surface area contributed by atoms with E-state index in [-0.39, 0.29) is 0 Å². The van der Waals surface area contributed by atoms with Crippen LogP contribution < -0.4 is 5.73 Å². The van der Waals surface area contributed by atoms with Crippen molar-refractivity contribution >= 4 is 48.8 Å². The highest BCUT2D eigenvalue weighted by Gasteiger charge is 2.13. The molecule has 0 aliphatic heterocycles. The number of nitrogen functional groups attached to an aromatic ring is 1. The molecule has 0 spiro atoms. The summed E-state index contributed by atoms with van der Waals surface area (Å²) in [6.07, 6.45) is 0. The summed E-state index contributed by atoms with van der Waals surface area (Å²) in [5.41, 5.74) is 8.91. The third-order valence-electron chi connectivity index (χ3n) is 2.96. The van der Waals surface area contributed by atoms with Crippen LogP contribution in [0.15, 0.2) is 45.3 Å². The van der Waals surface area contributed by atoms with E-state index >= 15 is 0 Å². The summed E-state index contributed by atoms with van der Waals surface area (Å²) in [5, 5.41) is 9.30. The Labute approximate surface area is 132 Å². The highest BCUT2D eigenvalue weighted by molar-refractivity contribution is 9.10. The molecule has 0 aliphatic rings. The first-order chi connectivity index (χ1) is 9.60. The van der Waals surface area contributed by atoms with Crippen molar-refractivity contribution in [2.75, 3.05) is 5.73 Å². The predicted octanol–water partition coefficient (Wildman–Crippen LogP) is 4.00. The average molecular weight is 392 g/mol. The second kappa shape index (κ2) is 4.93. The van der Waals surface area contributed by atoms with Crippen molar-refractivity contribution < 1.29 is 0 Å². The molecule has 20 heavy (non-hydrogen) atoms. The topological polar surface area (TPSA) is 67.6 Å². The molecule has 0 aliphatic carbocycles. The van der Waals surface area contributed by atoms with Gasteiger partial charge in [0.2, 0.25) is 5.95 Å². The van der Waals surface area contributed by atoms with Crippen LogP contribution in [0.5, 0.6) is 0 Å². The van der Waals surface area contributed by atoms with Crippen LogP contribution in [0.3, 0.4) is 0 Å². The molecule has 0 fully saturated rings. The maximum Gasteiger partial charge on any atom is 0.205 e. The molecule has 1 heterocycles. The number of aromatic nitrogens is 2. The van der Waals surface area contributed by atoms with Gasteiger partial charge < -0.3 is 5.73 Å². The Balaban J connectivity index is 2.38. The van der Waals surface area contributed by atoms with Gasteiger partial charge in [-0.3, -0.25) is 4.57 Å². The number of hydrogen-bond donors (Lipinski definition) is 1. The second-order valence-corrected chi connectivity index (χ2v) is 6.04. The van der Waals surface area contributed by atoms with Gasteiger partial charge in [0.25, 0.3) is 0 Å². The summed E-state index contributed by atoms with van der Waals surface area (Å²) in [7, 11) is 0. The Morgan fingerprint density at radius 1 is 1.10 bits per heavy atom. The third-order valence-corrected chi connectivity index (χ3v) is 3.95. The Bertz CT molecular complexity index is 861.